The molecule has 3 nitrogen and oxygen atoms in total. The zero-order valence-electron chi connectivity index (χ0n) is 68.4. The summed E-state index contributed by atoms with van der Waals surface area (Å²) in [6.45, 7) is 6.47. The number of rotatable bonds is 10. The first kappa shape index (κ1) is 72.8. The molecule has 0 spiro atoms. The van der Waals surface area contributed by atoms with E-state index in [0.29, 0.717) is 0 Å². The van der Waals surface area contributed by atoms with Gasteiger partial charge in [-0.05, 0) is 208 Å². The van der Waals surface area contributed by atoms with Crippen LogP contribution in [0.1, 0.15) is 83.5 Å². The summed E-state index contributed by atoms with van der Waals surface area (Å²) >= 11 is 0. The van der Waals surface area contributed by atoms with Gasteiger partial charge in [-0.3, -0.25) is 0 Å². The van der Waals surface area contributed by atoms with Crippen molar-refractivity contribution in [1.29, 1.82) is 0 Å². The highest BCUT2D eigenvalue weighted by Gasteiger charge is 2.50. The maximum atomic E-state index is 6.54. The van der Waals surface area contributed by atoms with Crippen LogP contribution in [-0.2, 0) is 16.2 Å². The van der Waals surface area contributed by atoms with Crippen molar-refractivity contribution in [3.8, 4) is 77.9 Å². The molecule has 0 saturated carbocycles. The molecule has 0 bridgehead atoms. The van der Waals surface area contributed by atoms with Crippen LogP contribution in [-0.4, -0.2) is 0 Å². The Balaban J connectivity index is 0.000000107. The van der Waals surface area contributed by atoms with E-state index in [4.69, 9.17) is 13.3 Å². The highest BCUT2D eigenvalue weighted by atomic mass is 16.3. The van der Waals surface area contributed by atoms with Crippen LogP contribution in [0.2, 0.25) is 0 Å². The zero-order valence-corrected chi connectivity index (χ0v) is 68.4. The van der Waals surface area contributed by atoms with E-state index in [9.17, 15) is 0 Å². The maximum absolute atomic E-state index is 6.54. The number of furan rings is 3. The third kappa shape index (κ3) is 11.3. The predicted octanol–water partition coefficient (Wildman–Crippen LogP) is 31.4. The molecule has 123 heavy (non-hydrogen) atoms. The maximum Gasteiger partial charge on any atom is 0.143 e. The van der Waals surface area contributed by atoms with E-state index >= 15 is 0 Å². The van der Waals surface area contributed by atoms with Gasteiger partial charge in [0.25, 0.3) is 0 Å². The van der Waals surface area contributed by atoms with Crippen molar-refractivity contribution in [2.24, 2.45) is 0 Å². The van der Waals surface area contributed by atoms with Gasteiger partial charge in [-0.25, -0.2) is 0 Å². The smallest absolute Gasteiger partial charge is 0.143 e. The largest absolute Gasteiger partial charge is 0.455 e. The van der Waals surface area contributed by atoms with Crippen LogP contribution in [0.25, 0.3) is 144 Å². The summed E-state index contributed by atoms with van der Waals surface area (Å²) in [4.78, 5) is 0. The molecule has 25 rings (SSSR count). The molecule has 22 aromatic rings. The van der Waals surface area contributed by atoms with Crippen molar-refractivity contribution < 1.29 is 13.3 Å². The first-order chi connectivity index (χ1) is 60.7. The Morgan fingerprint density at radius 3 is 0.813 bits per heavy atom. The van der Waals surface area contributed by atoms with E-state index in [0.717, 1.165) is 83.0 Å². The Hall–Kier alpha value is -15.4. The highest BCUT2D eigenvalue weighted by Crippen LogP contribution is 2.61. The molecule has 0 amide bonds. The van der Waals surface area contributed by atoms with Gasteiger partial charge in [-0.2, -0.15) is 0 Å². The lowest BCUT2D eigenvalue weighted by molar-refractivity contribution is 0.669. The first-order valence-electron chi connectivity index (χ1n) is 42.7. The molecular formula is C120H82O3. The summed E-state index contributed by atoms with van der Waals surface area (Å²) in [7, 11) is 0. The molecule has 0 unspecified atom stereocenters. The van der Waals surface area contributed by atoms with Crippen LogP contribution in [0, 0.1) is 20.8 Å². The molecular weight excluding hydrogens is 1490 g/mol. The molecule has 3 heteroatoms. The SMILES string of the molecule is Cc1cc(-c2ccc(C3(c4ccccc4)c4ccccc4-c4ccccc43)cc2)c2oc3ccccc3c2c1.Cc1ccc2oc3c(-c4ccc(C5(c6ccccc6)c6ccccc6-c6ccccc65)cc4)cc(C)cc3c2c1.c1ccc(C2(c3ccccc3-c3ccccc3-c3cccc4c3oc3ccccc34)c3ccccc3-c3ccccc32)cc1. The van der Waals surface area contributed by atoms with Crippen molar-refractivity contribution >= 4 is 65.8 Å². The van der Waals surface area contributed by atoms with Gasteiger partial charge in [0.1, 0.15) is 33.5 Å². The van der Waals surface area contributed by atoms with Crippen molar-refractivity contribution in [3.05, 3.63) is 526 Å². The molecule has 0 fully saturated rings. The Bertz CT molecular complexity index is 7750. The Morgan fingerprint density at radius 2 is 0.415 bits per heavy atom. The molecule has 0 N–H and O–H groups in total. The van der Waals surface area contributed by atoms with Gasteiger partial charge in [0, 0.05) is 49.0 Å². The molecule has 580 valence electrons. The van der Waals surface area contributed by atoms with Crippen molar-refractivity contribution in [2.45, 2.75) is 37.0 Å². The molecule has 3 aliphatic carbocycles. The normalized spacial score (nSPS) is 13.4. The van der Waals surface area contributed by atoms with E-state index in [2.05, 4.69) is 451 Å². The minimum atomic E-state index is -0.483. The molecule has 0 saturated heterocycles. The van der Waals surface area contributed by atoms with Gasteiger partial charge < -0.3 is 13.3 Å². The lowest BCUT2D eigenvalue weighted by Gasteiger charge is -2.35. The Morgan fingerprint density at radius 1 is 0.154 bits per heavy atom. The van der Waals surface area contributed by atoms with Crippen molar-refractivity contribution in [1.82, 2.24) is 0 Å². The van der Waals surface area contributed by atoms with E-state index in [1.165, 1.54) is 144 Å². The summed E-state index contributed by atoms with van der Waals surface area (Å²) < 4.78 is 19.4. The Kier molecular flexibility index (Phi) is 17.3. The van der Waals surface area contributed by atoms with Gasteiger partial charge in [-0.1, -0.05) is 400 Å². The average molecular weight is 1570 g/mol. The van der Waals surface area contributed by atoms with E-state index in [1.54, 1.807) is 0 Å². The van der Waals surface area contributed by atoms with Crippen LogP contribution >= 0.6 is 0 Å². The zero-order chi connectivity index (χ0) is 81.9. The number of hydrogen-bond donors (Lipinski definition) is 0. The van der Waals surface area contributed by atoms with E-state index in [-0.39, 0.29) is 10.8 Å². The first-order valence-corrected chi connectivity index (χ1v) is 42.7. The number of para-hydroxylation sites is 3. The fourth-order valence-corrected chi connectivity index (χ4v) is 21.4. The second-order valence-electron chi connectivity index (χ2n) is 33.2. The van der Waals surface area contributed by atoms with Gasteiger partial charge >= 0.3 is 0 Å². The molecule has 19 aromatic carbocycles. The van der Waals surface area contributed by atoms with Gasteiger partial charge in [0.2, 0.25) is 0 Å². The van der Waals surface area contributed by atoms with E-state index < -0.39 is 5.41 Å². The summed E-state index contributed by atoms with van der Waals surface area (Å²) in [6, 6.07) is 161. The molecule has 0 aliphatic heterocycles. The highest BCUT2D eigenvalue weighted by molar-refractivity contribution is 6.13. The number of fused-ring (bicyclic) bond motifs is 18. The minimum absolute atomic E-state index is 0.381. The van der Waals surface area contributed by atoms with Crippen molar-refractivity contribution in [2.75, 3.05) is 0 Å². The topological polar surface area (TPSA) is 39.4 Å². The third-order valence-electron chi connectivity index (χ3n) is 26.5. The number of hydrogen-bond acceptors (Lipinski definition) is 3. The van der Waals surface area contributed by atoms with Crippen LogP contribution in [0.4, 0.5) is 0 Å². The summed E-state index contributed by atoms with van der Waals surface area (Å²) in [6.07, 6.45) is 0. The fraction of sp³-hybridized carbons (Fsp3) is 0.0500. The second kappa shape index (κ2) is 29.2. The van der Waals surface area contributed by atoms with Crippen LogP contribution < -0.4 is 0 Å². The summed E-state index contributed by atoms with van der Waals surface area (Å²) in [5.41, 5.74) is 40.7. The number of benzene rings is 19. The summed E-state index contributed by atoms with van der Waals surface area (Å²) in [5, 5.41) is 6.97. The molecule has 3 aliphatic rings. The van der Waals surface area contributed by atoms with Crippen LogP contribution in [0.5, 0.6) is 0 Å². The predicted molar refractivity (Wildman–Crippen MR) is 509 cm³/mol. The monoisotopic (exact) mass is 1570 g/mol. The van der Waals surface area contributed by atoms with Gasteiger partial charge in [-0.15, -0.1) is 0 Å². The Labute approximate surface area is 715 Å². The minimum Gasteiger partial charge on any atom is -0.455 e. The molecule has 0 radical (unpaired) electrons. The summed E-state index contributed by atoms with van der Waals surface area (Å²) in [5.74, 6) is 0. The lowest BCUT2D eigenvalue weighted by Crippen LogP contribution is -2.29. The molecule has 3 heterocycles. The van der Waals surface area contributed by atoms with Crippen molar-refractivity contribution in [3.63, 3.8) is 0 Å². The standard InChI is InChI=1S/C43H28O.C39H28O.C38H26O/c1-2-15-29(16-3-1)43(39-26-11-7-20-33(39)34-21-8-12-27-40(34)43)38-25-10-6-19-32(38)30-17-4-5-18-31(30)36-23-14-24-37-35-22-9-13-28-41(35)44-42(36)37;1-25-16-21-37-33(22-25)34-24-26(2)23-32(38(34)40-37)27-17-19-29(20-18-27)39(28-10-4-3-5-11-28)35-14-8-6-12-30(35)31-13-7-9-15-36(31)39;1-25-23-32(37-33(24-25)31-15-7-10-18-36(31)39-37)26-19-21-28(22-20-26)38(27-11-3-2-4-12-27)34-16-8-5-13-29(34)30-14-6-9-17-35(30)38/h1-28H;3-24H,1-2H3;2-24H,1H3. The fourth-order valence-electron chi connectivity index (χ4n) is 21.4. The second-order valence-corrected chi connectivity index (χ2v) is 33.2. The average Bonchev–Trinajstić information content (AvgIpc) is 1.55. The quantitative estimate of drug-likeness (QED) is 0.137. The van der Waals surface area contributed by atoms with Gasteiger partial charge in [0.15, 0.2) is 0 Å². The molecule has 0 atom stereocenters. The number of aryl methyl sites for hydroxylation is 3. The van der Waals surface area contributed by atoms with Crippen LogP contribution in [0.15, 0.2) is 456 Å². The third-order valence-corrected chi connectivity index (χ3v) is 26.5. The lowest BCUT2D eigenvalue weighted by atomic mass is 9.65. The van der Waals surface area contributed by atoms with Gasteiger partial charge in [0.05, 0.1) is 16.2 Å². The van der Waals surface area contributed by atoms with E-state index in [1.807, 2.05) is 12.1 Å². The molecule has 3 aromatic heterocycles. The van der Waals surface area contributed by atoms with Crippen LogP contribution in [0.3, 0.4) is 0 Å².